The highest BCUT2D eigenvalue weighted by Crippen LogP contribution is 2.25. The lowest BCUT2D eigenvalue weighted by molar-refractivity contribution is -0.138. The molecular formula is C14H20O2. The van der Waals surface area contributed by atoms with Crippen LogP contribution in [-0.4, -0.2) is 11.1 Å². The first-order chi connectivity index (χ1) is 7.36. The molecule has 1 aromatic carbocycles. The van der Waals surface area contributed by atoms with Crippen molar-refractivity contribution >= 4 is 5.97 Å². The normalized spacial score (nSPS) is 13.5. The zero-order chi connectivity index (χ0) is 12.3. The summed E-state index contributed by atoms with van der Waals surface area (Å²) in [5.74, 6) is -1.12. The zero-order valence-corrected chi connectivity index (χ0v) is 10.4. The molecule has 1 atom stereocenters. The minimum absolute atomic E-state index is 0.115. The molecule has 0 unspecified atom stereocenters. The molecule has 0 amide bonds. The summed E-state index contributed by atoms with van der Waals surface area (Å²) in [6, 6.07) is 7.92. The Kier molecular flexibility index (Phi) is 3.74. The molecule has 16 heavy (non-hydrogen) atoms. The van der Waals surface area contributed by atoms with Crippen molar-refractivity contribution in [1.29, 1.82) is 0 Å². The Morgan fingerprint density at radius 3 is 2.06 bits per heavy atom. The van der Waals surface area contributed by atoms with E-state index < -0.39 is 5.97 Å². The maximum absolute atomic E-state index is 11.0. The van der Waals surface area contributed by atoms with E-state index in [1.54, 1.807) is 0 Å². The van der Waals surface area contributed by atoms with Gasteiger partial charge in [-0.05, 0) is 23.0 Å². The third-order valence-electron chi connectivity index (χ3n) is 2.89. The molecular weight excluding hydrogens is 200 g/mol. The van der Waals surface area contributed by atoms with Crippen molar-refractivity contribution in [3.05, 3.63) is 35.4 Å². The molecule has 0 spiro atoms. The quantitative estimate of drug-likeness (QED) is 0.845. The summed E-state index contributed by atoms with van der Waals surface area (Å²) < 4.78 is 0. The Hall–Kier alpha value is -1.31. The highest BCUT2D eigenvalue weighted by atomic mass is 16.4. The molecule has 0 saturated heterocycles. The van der Waals surface area contributed by atoms with Gasteiger partial charge in [-0.25, -0.2) is 0 Å². The fourth-order valence-electron chi connectivity index (χ4n) is 1.77. The summed E-state index contributed by atoms with van der Waals surface area (Å²) in [5, 5.41) is 9.06. The molecule has 0 heterocycles. The number of aliphatic carboxylic acids is 1. The summed E-state index contributed by atoms with van der Waals surface area (Å²) in [7, 11) is 0. The average molecular weight is 220 g/mol. The standard InChI is InChI=1S/C14H20O2/c1-5-12(13(15)16)10-6-8-11(9-7-10)14(2,3)4/h6-9,12H,5H2,1-4H3,(H,15,16)/t12-/m0/s1. The van der Waals surface area contributed by atoms with Crippen LogP contribution in [-0.2, 0) is 10.2 Å². The molecule has 0 saturated carbocycles. The summed E-state index contributed by atoms with van der Waals surface area (Å²) in [6.07, 6.45) is 0.629. The largest absolute Gasteiger partial charge is 0.481 e. The van der Waals surface area contributed by atoms with Crippen LogP contribution in [0, 0.1) is 0 Å². The number of rotatable bonds is 3. The summed E-state index contributed by atoms with van der Waals surface area (Å²) in [4.78, 5) is 11.0. The van der Waals surface area contributed by atoms with Gasteiger partial charge < -0.3 is 5.11 Å². The monoisotopic (exact) mass is 220 g/mol. The first-order valence-corrected chi connectivity index (χ1v) is 5.69. The highest BCUT2D eigenvalue weighted by Gasteiger charge is 2.19. The van der Waals surface area contributed by atoms with Gasteiger partial charge in [0.25, 0.3) is 0 Å². The Labute approximate surface area is 97.3 Å². The van der Waals surface area contributed by atoms with E-state index in [4.69, 9.17) is 5.11 Å². The lowest BCUT2D eigenvalue weighted by Gasteiger charge is -2.20. The van der Waals surface area contributed by atoms with Gasteiger partial charge in [-0.15, -0.1) is 0 Å². The van der Waals surface area contributed by atoms with Crippen LogP contribution in [0.15, 0.2) is 24.3 Å². The van der Waals surface area contributed by atoms with Gasteiger partial charge in [0, 0.05) is 0 Å². The Bertz CT molecular complexity index is 357. The predicted octanol–water partition coefficient (Wildman–Crippen LogP) is 3.56. The molecule has 0 aliphatic heterocycles. The van der Waals surface area contributed by atoms with Crippen LogP contribution in [0.2, 0.25) is 0 Å². The molecule has 0 aliphatic rings. The van der Waals surface area contributed by atoms with Crippen molar-refractivity contribution < 1.29 is 9.90 Å². The average Bonchev–Trinajstić information content (AvgIpc) is 2.17. The van der Waals surface area contributed by atoms with Crippen molar-refractivity contribution in [3.8, 4) is 0 Å². The Morgan fingerprint density at radius 1 is 1.25 bits per heavy atom. The van der Waals surface area contributed by atoms with E-state index in [0.717, 1.165) is 5.56 Å². The van der Waals surface area contributed by atoms with Gasteiger partial charge in [0.05, 0.1) is 5.92 Å². The third kappa shape index (κ3) is 2.84. The molecule has 2 nitrogen and oxygen atoms in total. The molecule has 0 bridgehead atoms. The molecule has 88 valence electrons. The van der Waals surface area contributed by atoms with Crippen LogP contribution in [0.1, 0.15) is 51.2 Å². The molecule has 0 fully saturated rings. The number of hydrogen-bond donors (Lipinski definition) is 1. The fourth-order valence-corrected chi connectivity index (χ4v) is 1.77. The Morgan fingerprint density at radius 2 is 1.75 bits per heavy atom. The molecule has 0 radical (unpaired) electrons. The van der Waals surface area contributed by atoms with Crippen molar-refractivity contribution in [2.75, 3.05) is 0 Å². The topological polar surface area (TPSA) is 37.3 Å². The van der Waals surface area contributed by atoms with E-state index in [1.807, 2.05) is 31.2 Å². The maximum Gasteiger partial charge on any atom is 0.310 e. The van der Waals surface area contributed by atoms with Crippen molar-refractivity contribution in [1.82, 2.24) is 0 Å². The van der Waals surface area contributed by atoms with Gasteiger partial charge in [-0.2, -0.15) is 0 Å². The van der Waals surface area contributed by atoms with Crippen LogP contribution < -0.4 is 0 Å². The second-order valence-electron chi connectivity index (χ2n) is 5.17. The minimum Gasteiger partial charge on any atom is -0.481 e. The zero-order valence-electron chi connectivity index (χ0n) is 10.4. The van der Waals surface area contributed by atoms with Gasteiger partial charge in [0.1, 0.15) is 0 Å². The SMILES string of the molecule is CC[C@H](C(=O)O)c1ccc(C(C)(C)C)cc1. The van der Waals surface area contributed by atoms with Crippen LogP contribution in [0.25, 0.3) is 0 Å². The number of benzene rings is 1. The van der Waals surface area contributed by atoms with Crippen molar-refractivity contribution in [2.45, 2.75) is 45.4 Å². The summed E-state index contributed by atoms with van der Waals surface area (Å²) in [6.45, 7) is 8.35. The van der Waals surface area contributed by atoms with Gasteiger partial charge >= 0.3 is 5.97 Å². The molecule has 1 rings (SSSR count). The van der Waals surface area contributed by atoms with E-state index in [-0.39, 0.29) is 11.3 Å². The number of carboxylic acids is 1. The van der Waals surface area contributed by atoms with Gasteiger partial charge in [0.15, 0.2) is 0 Å². The van der Waals surface area contributed by atoms with E-state index >= 15 is 0 Å². The Balaban J connectivity index is 2.98. The van der Waals surface area contributed by atoms with E-state index in [9.17, 15) is 4.79 Å². The lowest BCUT2D eigenvalue weighted by atomic mass is 9.85. The van der Waals surface area contributed by atoms with Crippen LogP contribution >= 0.6 is 0 Å². The maximum atomic E-state index is 11.0. The van der Waals surface area contributed by atoms with Gasteiger partial charge in [-0.1, -0.05) is 52.0 Å². The summed E-state index contributed by atoms with van der Waals surface area (Å²) >= 11 is 0. The molecule has 0 aromatic heterocycles. The number of hydrogen-bond acceptors (Lipinski definition) is 1. The fraction of sp³-hybridized carbons (Fsp3) is 0.500. The first-order valence-electron chi connectivity index (χ1n) is 5.69. The third-order valence-corrected chi connectivity index (χ3v) is 2.89. The number of carboxylic acid groups (broad SMARTS) is 1. The smallest absolute Gasteiger partial charge is 0.310 e. The van der Waals surface area contributed by atoms with Crippen LogP contribution in [0.5, 0.6) is 0 Å². The molecule has 2 heteroatoms. The minimum atomic E-state index is -0.744. The van der Waals surface area contributed by atoms with Gasteiger partial charge in [0.2, 0.25) is 0 Å². The highest BCUT2D eigenvalue weighted by molar-refractivity contribution is 5.75. The summed E-state index contributed by atoms with van der Waals surface area (Å²) in [5.41, 5.74) is 2.24. The van der Waals surface area contributed by atoms with Crippen LogP contribution in [0.4, 0.5) is 0 Å². The van der Waals surface area contributed by atoms with Gasteiger partial charge in [-0.3, -0.25) is 4.79 Å². The lowest BCUT2D eigenvalue weighted by Crippen LogP contribution is -2.13. The van der Waals surface area contributed by atoms with Crippen molar-refractivity contribution in [3.63, 3.8) is 0 Å². The van der Waals surface area contributed by atoms with Crippen molar-refractivity contribution in [2.24, 2.45) is 0 Å². The first kappa shape index (κ1) is 12.8. The second kappa shape index (κ2) is 4.69. The van der Waals surface area contributed by atoms with E-state index in [0.29, 0.717) is 6.42 Å². The molecule has 1 N–H and O–H groups in total. The second-order valence-corrected chi connectivity index (χ2v) is 5.17. The molecule has 0 aliphatic carbocycles. The predicted molar refractivity (Wildman–Crippen MR) is 65.8 cm³/mol. The van der Waals surface area contributed by atoms with E-state index in [1.165, 1.54) is 5.56 Å². The van der Waals surface area contributed by atoms with E-state index in [2.05, 4.69) is 20.8 Å². The number of carbonyl (C=O) groups is 1. The molecule has 1 aromatic rings. The van der Waals surface area contributed by atoms with Crippen LogP contribution in [0.3, 0.4) is 0 Å².